The number of hydrogen-bond donors (Lipinski definition) is 0. The van der Waals surface area contributed by atoms with Crippen LogP contribution in [0.2, 0.25) is 0 Å². The molecule has 0 aliphatic rings. The smallest absolute Gasteiger partial charge is 0.164 e. The van der Waals surface area contributed by atoms with E-state index in [-0.39, 0.29) is 85.8 Å². The molecule has 0 radical (unpaired) electrons. The molecule has 238 valence electrons. The van der Waals surface area contributed by atoms with Gasteiger partial charge in [-0.2, -0.15) is 0 Å². The monoisotopic (exact) mass is 665 g/mol. The molecule has 0 saturated carbocycles. The molecule has 0 spiro atoms. The minimum atomic E-state index is -0.611. The highest BCUT2D eigenvalue weighted by atomic mass is 16.3. The van der Waals surface area contributed by atoms with E-state index in [4.69, 9.17) is 37.2 Å². The lowest BCUT2D eigenvalue weighted by molar-refractivity contribution is 0.670. The predicted octanol–water partition coefficient (Wildman–Crippen LogP) is 12.4. The molecule has 51 heavy (non-hydrogen) atoms. The molecule has 0 N–H and O–H groups in total. The summed E-state index contributed by atoms with van der Waals surface area (Å²) in [5.41, 5.74) is 1.24. The van der Waals surface area contributed by atoms with Gasteiger partial charge in [0.2, 0.25) is 0 Å². The highest BCUT2D eigenvalue weighted by Crippen LogP contribution is 2.42. The Morgan fingerprint density at radius 1 is 0.412 bits per heavy atom. The Hall–Kier alpha value is -6.91. The maximum atomic E-state index is 9.60. The van der Waals surface area contributed by atoms with E-state index in [0.29, 0.717) is 27.5 Å². The second kappa shape index (κ2) is 11.9. The number of furan rings is 1. The summed E-state index contributed by atoms with van der Waals surface area (Å²) in [5.74, 6) is 0.387. The summed E-state index contributed by atoms with van der Waals surface area (Å²) >= 11 is 0. The zero-order valence-electron chi connectivity index (χ0n) is 40.4. The molecule has 10 rings (SSSR count). The maximum Gasteiger partial charge on any atom is 0.164 e. The summed E-state index contributed by atoms with van der Waals surface area (Å²) in [6.07, 6.45) is 0. The first-order chi connectivity index (χ1) is 31.0. The van der Waals surface area contributed by atoms with Crippen molar-refractivity contribution in [1.29, 1.82) is 0 Å². The Labute approximate surface area is 314 Å². The first-order valence-electron chi connectivity index (χ1n) is 23.0. The largest absolute Gasteiger partial charge is 0.455 e. The molecular formula is C47H29N3O. The van der Waals surface area contributed by atoms with Crippen LogP contribution >= 0.6 is 0 Å². The molecule has 0 atom stereocenters. The quantitative estimate of drug-likeness (QED) is 0.184. The van der Waals surface area contributed by atoms with Gasteiger partial charge in [-0.1, -0.05) is 145 Å². The second-order valence-corrected chi connectivity index (χ2v) is 11.8. The van der Waals surface area contributed by atoms with Crippen molar-refractivity contribution in [2.24, 2.45) is 0 Å². The van der Waals surface area contributed by atoms with E-state index < -0.39 is 60.4 Å². The lowest BCUT2D eigenvalue weighted by atomic mass is 9.98. The van der Waals surface area contributed by atoms with E-state index in [9.17, 15) is 1.37 Å². The molecule has 0 amide bonds. The number of aromatic nitrogens is 3. The molecule has 0 fully saturated rings. The van der Waals surface area contributed by atoms with Crippen LogP contribution in [-0.2, 0) is 0 Å². The number of hydrogen-bond acceptors (Lipinski definition) is 4. The van der Waals surface area contributed by atoms with Crippen molar-refractivity contribution >= 4 is 43.5 Å². The number of nitrogens with zero attached hydrogens (tertiary/aromatic N) is 3. The predicted molar refractivity (Wildman–Crippen MR) is 209 cm³/mol. The van der Waals surface area contributed by atoms with Gasteiger partial charge < -0.3 is 4.42 Å². The highest BCUT2D eigenvalue weighted by molar-refractivity contribution is 6.15. The lowest BCUT2D eigenvalue weighted by Gasteiger charge is -2.12. The molecule has 4 nitrogen and oxygen atoms in total. The number of rotatable bonds is 5. The van der Waals surface area contributed by atoms with Gasteiger partial charge in [-0.3, -0.25) is 0 Å². The third kappa shape index (κ3) is 5.04. The van der Waals surface area contributed by atoms with Crippen molar-refractivity contribution in [2.45, 2.75) is 0 Å². The summed E-state index contributed by atoms with van der Waals surface area (Å²) in [6, 6.07) is 20.2. The summed E-state index contributed by atoms with van der Waals surface area (Å²) in [4.78, 5) is 14.9. The molecule has 10 aromatic rings. The Balaban J connectivity index is 1.25. The summed E-state index contributed by atoms with van der Waals surface area (Å²) in [5, 5.41) is 3.39. The van der Waals surface area contributed by atoms with Crippen LogP contribution in [0, 0.1) is 0 Å². The van der Waals surface area contributed by atoms with Crippen molar-refractivity contribution in [3.63, 3.8) is 0 Å². The van der Waals surface area contributed by atoms with Crippen LogP contribution in [0.15, 0.2) is 180 Å². The summed E-state index contributed by atoms with van der Waals surface area (Å²) < 4.78 is 126. The zero-order valence-corrected chi connectivity index (χ0v) is 26.4. The van der Waals surface area contributed by atoms with Gasteiger partial charge in [0.25, 0.3) is 0 Å². The topological polar surface area (TPSA) is 51.8 Å². The number of para-hydroxylation sites is 1. The van der Waals surface area contributed by atoms with Crippen LogP contribution in [0.3, 0.4) is 0 Å². The van der Waals surface area contributed by atoms with Crippen molar-refractivity contribution in [2.75, 3.05) is 0 Å². The standard InChI is InChI=1S/C47H29N3O/c1-3-12-30(13-4-1)33-22-23-35-29-36(25-24-34(35)28-33)45-48-46(39-20-11-17-31-16-7-8-18-37(31)39)50-47(49-45)41-27-26-38(32-14-5-2-6-15-32)44-43(41)40-19-9-10-21-42(40)51-44/h1-29H/i1D,2D,3D,4D,5D,6D,9D,10D,12D,13D,14D,15D,21D,27D. The van der Waals surface area contributed by atoms with Crippen molar-refractivity contribution < 1.29 is 23.6 Å². The van der Waals surface area contributed by atoms with Crippen molar-refractivity contribution in [3.8, 4) is 56.4 Å². The lowest BCUT2D eigenvalue weighted by Crippen LogP contribution is -2.01. The Bertz CT molecular complexity index is 3680. The van der Waals surface area contributed by atoms with Crippen LogP contribution in [0.25, 0.3) is 99.9 Å². The van der Waals surface area contributed by atoms with Gasteiger partial charge in [-0.15, -0.1) is 0 Å². The van der Waals surface area contributed by atoms with Crippen molar-refractivity contribution in [3.05, 3.63) is 176 Å². The minimum absolute atomic E-state index is 0.0205. The van der Waals surface area contributed by atoms with Gasteiger partial charge in [0.15, 0.2) is 17.5 Å². The highest BCUT2D eigenvalue weighted by Gasteiger charge is 2.21. The molecule has 0 bridgehead atoms. The fraction of sp³-hybridized carbons (Fsp3) is 0. The van der Waals surface area contributed by atoms with E-state index in [2.05, 4.69) is 0 Å². The van der Waals surface area contributed by atoms with Gasteiger partial charge in [-0.05, 0) is 68.5 Å². The molecule has 0 aliphatic carbocycles. The number of benzene rings is 8. The van der Waals surface area contributed by atoms with E-state index in [1.165, 1.54) is 12.1 Å². The van der Waals surface area contributed by atoms with Crippen LogP contribution in [0.1, 0.15) is 19.2 Å². The Morgan fingerprint density at radius 2 is 1.08 bits per heavy atom. The molecule has 4 heteroatoms. The van der Waals surface area contributed by atoms with E-state index in [1.54, 1.807) is 30.3 Å². The SMILES string of the molecule is [2H]c1cc2c(oc3c(-c4c([2H])c([2H])c([2H])c([2H])c4[2H])cc([2H])c(-c4nc(-c5ccc6cc(-c7c([2H])c([2H])c([2H])c([2H])c7[2H])ccc6c5)nc(-c5cccc6ccccc56)n4)c32)c([2H])c1[2H]. The average Bonchev–Trinajstić information content (AvgIpc) is 3.69. The zero-order chi connectivity index (χ0) is 45.9. The van der Waals surface area contributed by atoms with Gasteiger partial charge in [-0.25, -0.2) is 15.0 Å². The fourth-order valence-corrected chi connectivity index (χ4v) is 6.43. The minimum Gasteiger partial charge on any atom is -0.455 e. The molecule has 0 unspecified atom stereocenters. The summed E-state index contributed by atoms with van der Waals surface area (Å²) in [7, 11) is 0. The molecule has 8 aromatic carbocycles. The van der Waals surface area contributed by atoms with Crippen LogP contribution in [0.4, 0.5) is 0 Å². The average molecular weight is 666 g/mol. The summed E-state index contributed by atoms with van der Waals surface area (Å²) in [6.45, 7) is 0. The first-order valence-corrected chi connectivity index (χ1v) is 16.0. The van der Waals surface area contributed by atoms with Crippen LogP contribution < -0.4 is 0 Å². The molecule has 0 aliphatic heterocycles. The van der Waals surface area contributed by atoms with E-state index in [1.807, 2.05) is 48.5 Å². The number of fused-ring (bicyclic) bond motifs is 5. The van der Waals surface area contributed by atoms with Gasteiger partial charge >= 0.3 is 0 Å². The molecule has 2 aromatic heterocycles. The third-order valence-corrected chi connectivity index (χ3v) is 8.81. The fourth-order valence-electron chi connectivity index (χ4n) is 6.43. The van der Waals surface area contributed by atoms with Crippen molar-refractivity contribution in [1.82, 2.24) is 15.0 Å². The maximum absolute atomic E-state index is 9.60. The van der Waals surface area contributed by atoms with Gasteiger partial charge in [0.1, 0.15) is 11.2 Å². The van der Waals surface area contributed by atoms with Crippen LogP contribution in [0.5, 0.6) is 0 Å². The third-order valence-electron chi connectivity index (χ3n) is 8.81. The Kier molecular flexibility index (Phi) is 4.24. The van der Waals surface area contributed by atoms with Crippen LogP contribution in [-0.4, -0.2) is 15.0 Å². The van der Waals surface area contributed by atoms with Gasteiger partial charge in [0, 0.05) is 33.0 Å². The van der Waals surface area contributed by atoms with E-state index in [0.717, 1.165) is 10.8 Å². The normalized spacial score (nSPS) is 15.4. The molecular weight excluding hydrogens is 623 g/mol. The Morgan fingerprint density at radius 3 is 1.90 bits per heavy atom. The molecule has 2 heterocycles. The van der Waals surface area contributed by atoms with Gasteiger partial charge in [0.05, 0.1) is 19.2 Å². The van der Waals surface area contributed by atoms with E-state index >= 15 is 0 Å². The second-order valence-electron chi connectivity index (χ2n) is 11.8. The first kappa shape index (κ1) is 18.2. The molecule has 0 saturated heterocycles.